The average molecular weight is 294 g/mol. The lowest BCUT2D eigenvalue weighted by molar-refractivity contribution is 0.0526. The molecule has 0 fully saturated rings. The SMILES string of the molecule is CCCCCCC(C)Oc1nccc(C(=O)OCC)c1N. The number of carbonyl (C=O) groups is 1. The Balaban J connectivity index is 2.62. The van der Waals surface area contributed by atoms with Crippen LogP contribution in [0.5, 0.6) is 5.88 Å². The summed E-state index contributed by atoms with van der Waals surface area (Å²) in [6.45, 7) is 6.24. The number of hydrogen-bond acceptors (Lipinski definition) is 5. The number of nitrogen functional groups attached to an aromatic ring is 1. The molecule has 0 saturated carbocycles. The van der Waals surface area contributed by atoms with Crippen molar-refractivity contribution in [3.05, 3.63) is 17.8 Å². The Kier molecular flexibility index (Phi) is 7.58. The molecule has 1 atom stereocenters. The third-order valence-corrected chi connectivity index (χ3v) is 3.23. The molecule has 5 heteroatoms. The van der Waals surface area contributed by atoms with Crippen LogP contribution in [0.15, 0.2) is 12.3 Å². The standard InChI is InChI=1S/C16H26N2O3/c1-4-6-7-8-9-12(3)21-15-14(17)13(10-11-18-15)16(19)20-5-2/h10-12H,4-9,17H2,1-3H3. The van der Waals surface area contributed by atoms with Crippen molar-refractivity contribution < 1.29 is 14.3 Å². The summed E-state index contributed by atoms with van der Waals surface area (Å²) in [4.78, 5) is 15.9. The van der Waals surface area contributed by atoms with E-state index in [4.69, 9.17) is 15.2 Å². The van der Waals surface area contributed by atoms with E-state index in [9.17, 15) is 4.79 Å². The highest BCUT2D eigenvalue weighted by atomic mass is 16.5. The summed E-state index contributed by atoms with van der Waals surface area (Å²) in [5.41, 5.74) is 6.50. The molecule has 0 amide bonds. The highest BCUT2D eigenvalue weighted by Gasteiger charge is 2.16. The van der Waals surface area contributed by atoms with Gasteiger partial charge in [-0.2, -0.15) is 0 Å². The normalized spacial score (nSPS) is 12.0. The van der Waals surface area contributed by atoms with Gasteiger partial charge < -0.3 is 15.2 Å². The molecule has 0 radical (unpaired) electrons. The summed E-state index contributed by atoms with van der Waals surface area (Å²) in [7, 11) is 0. The van der Waals surface area contributed by atoms with Crippen LogP contribution < -0.4 is 10.5 Å². The molecule has 0 aliphatic heterocycles. The Bertz CT molecular complexity index is 449. The number of anilines is 1. The molecule has 0 aromatic carbocycles. The average Bonchev–Trinajstić information content (AvgIpc) is 2.46. The van der Waals surface area contributed by atoms with Gasteiger partial charge in [-0.25, -0.2) is 9.78 Å². The summed E-state index contributed by atoms with van der Waals surface area (Å²) in [5.74, 6) is -0.138. The van der Waals surface area contributed by atoms with E-state index in [1.165, 1.54) is 25.5 Å². The zero-order chi connectivity index (χ0) is 15.7. The quantitative estimate of drug-likeness (QED) is 0.556. The molecule has 118 valence electrons. The summed E-state index contributed by atoms with van der Waals surface area (Å²) >= 11 is 0. The van der Waals surface area contributed by atoms with Crippen molar-refractivity contribution in [3.8, 4) is 5.88 Å². The minimum atomic E-state index is -0.446. The van der Waals surface area contributed by atoms with E-state index >= 15 is 0 Å². The van der Waals surface area contributed by atoms with Gasteiger partial charge in [-0.1, -0.05) is 26.2 Å². The fourth-order valence-corrected chi connectivity index (χ4v) is 2.04. The van der Waals surface area contributed by atoms with E-state index < -0.39 is 5.97 Å². The van der Waals surface area contributed by atoms with Crippen LogP contribution in [-0.4, -0.2) is 23.7 Å². The second-order valence-electron chi connectivity index (χ2n) is 5.08. The number of hydrogen-bond donors (Lipinski definition) is 1. The van der Waals surface area contributed by atoms with Crippen molar-refractivity contribution in [1.29, 1.82) is 0 Å². The smallest absolute Gasteiger partial charge is 0.340 e. The molecular formula is C16H26N2O3. The predicted octanol–water partition coefficient (Wildman–Crippen LogP) is 3.58. The van der Waals surface area contributed by atoms with Crippen LogP contribution in [0.25, 0.3) is 0 Å². The van der Waals surface area contributed by atoms with Gasteiger partial charge in [0.05, 0.1) is 18.3 Å². The molecule has 0 bridgehead atoms. The van der Waals surface area contributed by atoms with E-state index in [0.717, 1.165) is 12.8 Å². The van der Waals surface area contributed by atoms with E-state index in [1.54, 1.807) is 13.0 Å². The third kappa shape index (κ3) is 5.61. The van der Waals surface area contributed by atoms with Gasteiger partial charge >= 0.3 is 5.97 Å². The Morgan fingerprint density at radius 1 is 1.33 bits per heavy atom. The van der Waals surface area contributed by atoms with Crippen molar-refractivity contribution in [1.82, 2.24) is 4.98 Å². The topological polar surface area (TPSA) is 74.4 Å². The van der Waals surface area contributed by atoms with Crippen LogP contribution in [-0.2, 0) is 4.74 Å². The Hall–Kier alpha value is -1.78. The second kappa shape index (κ2) is 9.21. The molecule has 5 nitrogen and oxygen atoms in total. The number of unbranched alkanes of at least 4 members (excludes halogenated alkanes) is 3. The number of carbonyl (C=O) groups excluding carboxylic acids is 1. The van der Waals surface area contributed by atoms with Gasteiger partial charge in [0.2, 0.25) is 5.88 Å². The van der Waals surface area contributed by atoms with Crippen LogP contribution in [0.3, 0.4) is 0 Å². The van der Waals surface area contributed by atoms with E-state index in [2.05, 4.69) is 11.9 Å². The summed E-state index contributed by atoms with van der Waals surface area (Å²) < 4.78 is 10.7. The van der Waals surface area contributed by atoms with Crippen LogP contribution in [0.1, 0.15) is 63.2 Å². The fraction of sp³-hybridized carbons (Fsp3) is 0.625. The molecule has 2 N–H and O–H groups in total. The fourth-order valence-electron chi connectivity index (χ4n) is 2.04. The molecule has 0 saturated heterocycles. The van der Waals surface area contributed by atoms with Crippen molar-refractivity contribution in [2.24, 2.45) is 0 Å². The van der Waals surface area contributed by atoms with E-state index in [1.807, 2.05) is 6.92 Å². The van der Waals surface area contributed by atoms with Crippen LogP contribution in [0, 0.1) is 0 Å². The van der Waals surface area contributed by atoms with Crippen molar-refractivity contribution in [2.45, 2.75) is 59.0 Å². The van der Waals surface area contributed by atoms with Crippen LogP contribution >= 0.6 is 0 Å². The lowest BCUT2D eigenvalue weighted by atomic mass is 10.1. The molecular weight excluding hydrogens is 268 g/mol. The van der Waals surface area contributed by atoms with Crippen molar-refractivity contribution >= 4 is 11.7 Å². The largest absolute Gasteiger partial charge is 0.473 e. The molecule has 0 aliphatic rings. The highest BCUT2D eigenvalue weighted by molar-refractivity contribution is 5.96. The number of ether oxygens (including phenoxy) is 2. The molecule has 1 heterocycles. The molecule has 0 aliphatic carbocycles. The minimum absolute atomic E-state index is 0.0223. The first-order valence-electron chi connectivity index (χ1n) is 7.68. The zero-order valence-electron chi connectivity index (χ0n) is 13.2. The maximum Gasteiger partial charge on any atom is 0.340 e. The van der Waals surface area contributed by atoms with E-state index in [0.29, 0.717) is 18.1 Å². The first kappa shape index (κ1) is 17.3. The maximum absolute atomic E-state index is 11.8. The Morgan fingerprint density at radius 3 is 2.76 bits per heavy atom. The van der Waals surface area contributed by atoms with Gasteiger partial charge in [0.15, 0.2) is 0 Å². The summed E-state index contributed by atoms with van der Waals surface area (Å²) in [5, 5.41) is 0. The van der Waals surface area contributed by atoms with Gasteiger partial charge in [-0.05, 0) is 32.8 Å². The van der Waals surface area contributed by atoms with Crippen LogP contribution in [0.2, 0.25) is 0 Å². The van der Waals surface area contributed by atoms with Gasteiger partial charge in [0.1, 0.15) is 5.69 Å². The number of pyridine rings is 1. The minimum Gasteiger partial charge on any atom is -0.473 e. The van der Waals surface area contributed by atoms with Crippen molar-refractivity contribution in [3.63, 3.8) is 0 Å². The van der Waals surface area contributed by atoms with E-state index in [-0.39, 0.29) is 11.8 Å². The number of esters is 1. The Morgan fingerprint density at radius 2 is 2.10 bits per heavy atom. The summed E-state index contributed by atoms with van der Waals surface area (Å²) in [6.07, 6.45) is 7.26. The first-order chi connectivity index (χ1) is 10.1. The number of nitrogens with zero attached hydrogens (tertiary/aromatic N) is 1. The van der Waals surface area contributed by atoms with Gasteiger partial charge in [-0.15, -0.1) is 0 Å². The van der Waals surface area contributed by atoms with Gasteiger partial charge in [0, 0.05) is 6.20 Å². The highest BCUT2D eigenvalue weighted by Crippen LogP contribution is 2.24. The number of aromatic nitrogens is 1. The third-order valence-electron chi connectivity index (χ3n) is 3.23. The maximum atomic E-state index is 11.8. The van der Waals surface area contributed by atoms with Gasteiger partial charge in [-0.3, -0.25) is 0 Å². The van der Waals surface area contributed by atoms with Gasteiger partial charge in [0.25, 0.3) is 0 Å². The van der Waals surface area contributed by atoms with Crippen molar-refractivity contribution in [2.75, 3.05) is 12.3 Å². The van der Waals surface area contributed by atoms with Crippen LogP contribution in [0.4, 0.5) is 5.69 Å². The molecule has 1 aromatic rings. The molecule has 1 aromatic heterocycles. The molecule has 1 unspecified atom stereocenters. The zero-order valence-corrected chi connectivity index (χ0v) is 13.2. The molecule has 0 spiro atoms. The molecule has 21 heavy (non-hydrogen) atoms. The molecule has 1 rings (SSSR count). The number of rotatable bonds is 9. The second-order valence-corrected chi connectivity index (χ2v) is 5.08. The monoisotopic (exact) mass is 294 g/mol. The number of nitrogens with two attached hydrogens (primary N) is 1. The Labute approximate surface area is 126 Å². The lowest BCUT2D eigenvalue weighted by Gasteiger charge is -2.16. The summed E-state index contributed by atoms with van der Waals surface area (Å²) in [6, 6.07) is 1.55. The predicted molar refractivity (Wildman–Crippen MR) is 83.5 cm³/mol. The lowest BCUT2D eigenvalue weighted by Crippen LogP contribution is -2.16. The first-order valence-corrected chi connectivity index (χ1v) is 7.68.